The quantitative estimate of drug-likeness (QED) is 0.355. The fourth-order valence-corrected chi connectivity index (χ4v) is 0. The highest BCUT2D eigenvalue weighted by molar-refractivity contribution is 5.53. The summed E-state index contributed by atoms with van der Waals surface area (Å²) in [5.41, 5.74) is 9.00. The van der Waals surface area contributed by atoms with Gasteiger partial charge in [0.15, 0.2) is 0 Å². The van der Waals surface area contributed by atoms with Crippen LogP contribution in [0.3, 0.4) is 0 Å². The molecule has 0 aliphatic rings. The number of hydrogen-bond donors (Lipinski definition) is 4. The topological polar surface area (TPSA) is 139 Å². The van der Waals surface area contributed by atoms with Gasteiger partial charge in [-0.05, 0) is 0 Å². The third-order valence-electron chi connectivity index (χ3n) is 0. The van der Waals surface area contributed by atoms with Crippen molar-refractivity contribution < 1.29 is 15.0 Å². The Kier molecular flexibility index (Phi) is 102. The molecule has 0 spiro atoms. The van der Waals surface area contributed by atoms with Crippen molar-refractivity contribution >= 4 is 6.16 Å². The lowest BCUT2D eigenvalue weighted by atomic mass is 11.5. The van der Waals surface area contributed by atoms with Gasteiger partial charge >= 0.3 is 6.16 Å². The molecule has 0 unspecified atom stereocenters. The average Bonchev–Trinajstić information content (AvgIpc) is 1.75. The molecule has 7 heteroatoms. The van der Waals surface area contributed by atoms with Gasteiger partial charge in [0.05, 0.1) is 0 Å². The summed E-state index contributed by atoms with van der Waals surface area (Å²) >= 11 is 0. The summed E-state index contributed by atoms with van der Waals surface area (Å²) in [4.78, 5) is 23.6. The molecule has 4 N–H and O–H groups in total. The minimum absolute atomic E-state index is 1.83. The summed E-state index contributed by atoms with van der Waals surface area (Å²) in [5.74, 6) is 0. The Morgan fingerprint density at radius 3 is 1.00 bits per heavy atom. The number of hydrogen-bond acceptors (Lipinski definition) is 5. The first-order chi connectivity index (χ1) is 3.73. The molecule has 0 saturated carbocycles. The van der Waals surface area contributed by atoms with Gasteiger partial charge in [0, 0.05) is 0 Å². The maximum absolute atomic E-state index is 8.56. The first-order valence-corrected chi connectivity index (χ1v) is 1.06. The van der Waals surface area contributed by atoms with Crippen molar-refractivity contribution in [3.8, 4) is 0 Å². The predicted molar refractivity (Wildman–Crippen MR) is 22.8 cm³/mol. The van der Waals surface area contributed by atoms with Gasteiger partial charge in [0.1, 0.15) is 0 Å². The van der Waals surface area contributed by atoms with Crippen LogP contribution in [-0.4, -0.2) is 16.4 Å². The molecule has 8 heavy (non-hydrogen) atoms. The van der Waals surface area contributed by atoms with E-state index in [1.165, 1.54) is 0 Å². The van der Waals surface area contributed by atoms with Gasteiger partial charge in [-0.2, -0.15) is 9.81 Å². The highest BCUT2D eigenvalue weighted by atomic mass is 16.6. The first-order valence-electron chi connectivity index (χ1n) is 1.06. The van der Waals surface area contributed by atoms with Crippen LogP contribution in [0.4, 0.5) is 4.79 Å². The van der Waals surface area contributed by atoms with Gasteiger partial charge < -0.3 is 10.2 Å². The molecule has 0 aliphatic carbocycles. The minimum atomic E-state index is -1.83. The number of nitroso groups, excluding NO2 is 2. The fraction of sp³-hybridized carbons (Fsp3) is 0. The predicted octanol–water partition coefficient (Wildman–Crippen LogP) is 0.886. The molecular formula is CH4N2O5. The molecular weight excluding hydrogens is 120 g/mol. The van der Waals surface area contributed by atoms with E-state index in [9.17, 15) is 0 Å². The molecule has 0 rings (SSSR count). The van der Waals surface area contributed by atoms with E-state index >= 15 is 0 Å². The Morgan fingerprint density at radius 1 is 1.00 bits per heavy atom. The van der Waals surface area contributed by atoms with Gasteiger partial charge in [-0.3, -0.25) is 0 Å². The van der Waals surface area contributed by atoms with Crippen LogP contribution in [0, 0.1) is 21.0 Å². The average molecular weight is 124 g/mol. The van der Waals surface area contributed by atoms with E-state index in [1.54, 1.807) is 0 Å². The highest BCUT2D eigenvalue weighted by Crippen LogP contribution is 1.42. The molecule has 0 atom stereocenters. The zero-order chi connectivity index (χ0) is 7.58. The lowest BCUT2D eigenvalue weighted by molar-refractivity contribution is 0.137. The van der Waals surface area contributed by atoms with Gasteiger partial charge in [0.2, 0.25) is 0 Å². The van der Waals surface area contributed by atoms with Crippen LogP contribution in [0.25, 0.3) is 0 Å². The lowest BCUT2D eigenvalue weighted by Gasteiger charge is -1.60. The molecule has 0 aromatic heterocycles. The second-order valence-corrected chi connectivity index (χ2v) is 0.283. The summed E-state index contributed by atoms with van der Waals surface area (Å²) in [7, 11) is 0. The summed E-state index contributed by atoms with van der Waals surface area (Å²) < 4.78 is 0. The van der Waals surface area contributed by atoms with Crippen molar-refractivity contribution in [3.05, 3.63) is 9.81 Å². The Morgan fingerprint density at radius 2 is 1.00 bits per heavy atom. The maximum Gasteiger partial charge on any atom is 0.503 e. The molecule has 0 amide bonds. The maximum atomic E-state index is 8.56. The Hall–Kier alpha value is -1.53. The van der Waals surface area contributed by atoms with Gasteiger partial charge in [-0.1, -0.05) is 11.2 Å². The van der Waals surface area contributed by atoms with E-state index < -0.39 is 6.16 Å². The van der Waals surface area contributed by atoms with E-state index in [-0.39, 0.29) is 0 Å². The van der Waals surface area contributed by atoms with Crippen LogP contribution in [-0.2, 0) is 0 Å². The monoisotopic (exact) mass is 124 g/mol. The van der Waals surface area contributed by atoms with Crippen LogP contribution >= 0.6 is 0 Å². The van der Waals surface area contributed by atoms with E-state index in [0.717, 1.165) is 0 Å². The first kappa shape index (κ1) is 16.1. The van der Waals surface area contributed by atoms with E-state index in [2.05, 4.69) is 11.2 Å². The molecule has 0 aromatic rings. The second kappa shape index (κ2) is 50.6. The molecule has 0 fully saturated rings. The van der Waals surface area contributed by atoms with Gasteiger partial charge in [-0.15, -0.1) is 0 Å². The van der Waals surface area contributed by atoms with Crippen LogP contribution in [0.2, 0.25) is 0 Å². The normalized spacial score (nSPS) is 4.00. The summed E-state index contributed by atoms with van der Waals surface area (Å²) in [6, 6.07) is 0. The van der Waals surface area contributed by atoms with Crippen LogP contribution < -0.4 is 0 Å². The van der Waals surface area contributed by atoms with Crippen LogP contribution in [0.1, 0.15) is 0 Å². The molecule has 0 aliphatic heterocycles. The summed E-state index contributed by atoms with van der Waals surface area (Å²) in [6.07, 6.45) is -1.83. The molecule has 0 bridgehead atoms. The Bertz CT molecular complexity index is 48.4. The third-order valence-corrected chi connectivity index (χ3v) is 0. The SMILES string of the molecule is N=O.N=O.O=C(O)O. The Labute approximate surface area is 43.5 Å². The zero-order valence-electron chi connectivity index (χ0n) is 3.62. The summed E-state index contributed by atoms with van der Waals surface area (Å²) in [5, 5.41) is 13.9. The number of nitrogens with one attached hydrogen (secondary N) is 2. The van der Waals surface area contributed by atoms with Crippen molar-refractivity contribution in [1.82, 2.24) is 0 Å². The fourth-order valence-electron chi connectivity index (χ4n) is 0. The zero-order valence-corrected chi connectivity index (χ0v) is 3.62. The van der Waals surface area contributed by atoms with Crippen LogP contribution in [0.15, 0.2) is 0 Å². The molecule has 0 aromatic carbocycles. The van der Waals surface area contributed by atoms with Crippen molar-refractivity contribution in [2.45, 2.75) is 0 Å². The largest absolute Gasteiger partial charge is 0.503 e. The van der Waals surface area contributed by atoms with Crippen LogP contribution in [0.5, 0.6) is 0 Å². The van der Waals surface area contributed by atoms with Crippen molar-refractivity contribution in [2.75, 3.05) is 0 Å². The molecule has 48 valence electrons. The van der Waals surface area contributed by atoms with Crippen molar-refractivity contribution in [3.63, 3.8) is 0 Å². The van der Waals surface area contributed by atoms with E-state index in [1.807, 2.05) is 0 Å². The minimum Gasteiger partial charge on any atom is -0.450 e. The highest BCUT2D eigenvalue weighted by Gasteiger charge is 1.70. The molecule has 0 saturated heterocycles. The number of carbonyl (C=O) groups is 1. The standard InChI is InChI=1S/CH2O3.2HNO/c2-1(3)4;2*1-2/h(H2,2,3,4);2*1H. The molecule has 7 nitrogen and oxygen atoms in total. The molecule has 0 heterocycles. The second-order valence-electron chi connectivity index (χ2n) is 0.283. The number of rotatable bonds is 0. The van der Waals surface area contributed by atoms with Gasteiger partial charge in [0.25, 0.3) is 0 Å². The third kappa shape index (κ3) is 23.0. The van der Waals surface area contributed by atoms with Gasteiger partial charge in [-0.25, -0.2) is 4.79 Å². The molecule has 0 radical (unpaired) electrons. The van der Waals surface area contributed by atoms with Crippen molar-refractivity contribution in [2.24, 2.45) is 0 Å². The van der Waals surface area contributed by atoms with E-state index in [0.29, 0.717) is 0 Å². The smallest absolute Gasteiger partial charge is 0.450 e. The Balaban J connectivity index is -0.0000000542. The summed E-state index contributed by atoms with van der Waals surface area (Å²) in [6.45, 7) is 0. The number of carboxylic acid groups (broad SMARTS) is 2. The van der Waals surface area contributed by atoms with E-state index in [4.69, 9.17) is 24.8 Å². The van der Waals surface area contributed by atoms with Crippen molar-refractivity contribution in [1.29, 1.82) is 11.2 Å². The lowest BCUT2D eigenvalue weighted by Crippen LogP contribution is -1.81.